The number of likely N-dealkylation sites (tertiary alicyclic amines) is 1. The number of benzene rings is 2. The molecule has 8 heteroatoms. The molecular weight excluding hydrogens is 531 g/mol. The molecule has 0 radical (unpaired) electrons. The highest BCUT2D eigenvalue weighted by atomic mass is 79.9. The molecule has 2 heterocycles. The Bertz CT molecular complexity index is 1040. The van der Waals surface area contributed by atoms with E-state index in [0.717, 1.165) is 76.6 Å². The van der Waals surface area contributed by atoms with Crippen LogP contribution < -0.4 is 4.74 Å². The Kier molecular flexibility index (Phi) is 7.40. The Labute approximate surface area is 197 Å². The number of ether oxygens (including phenoxy) is 1. The SMILES string of the molecule is O=CCc1cc(Br)c(OCCCN2CCC(c3onc4cc(F)ccc34)CC2)c(Br)c1. The second kappa shape index (κ2) is 10.2. The fraction of sp³-hybridized carbons (Fsp3) is 0.391. The first-order chi connectivity index (χ1) is 15.0. The fourth-order valence-electron chi connectivity index (χ4n) is 4.08. The first kappa shape index (κ1) is 22.4. The van der Waals surface area contributed by atoms with Gasteiger partial charge in [-0.05, 0) is 94.0 Å². The van der Waals surface area contributed by atoms with Crippen LogP contribution in [0.4, 0.5) is 4.39 Å². The molecular formula is C23H23Br2FN2O3. The lowest BCUT2D eigenvalue weighted by Gasteiger charge is -2.30. The zero-order valence-electron chi connectivity index (χ0n) is 17.0. The van der Waals surface area contributed by atoms with E-state index in [4.69, 9.17) is 9.26 Å². The van der Waals surface area contributed by atoms with Crippen molar-refractivity contribution >= 4 is 49.0 Å². The number of aldehydes is 1. The Morgan fingerprint density at radius 2 is 1.94 bits per heavy atom. The molecule has 3 aromatic rings. The van der Waals surface area contributed by atoms with Crippen LogP contribution >= 0.6 is 31.9 Å². The van der Waals surface area contributed by atoms with E-state index >= 15 is 0 Å². The summed E-state index contributed by atoms with van der Waals surface area (Å²) in [5.74, 6) is 1.67. The predicted molar refractivity (Wildman–Crippen MR) is 124 cm³/mol. The standard InChI is InChI=1S/C23H23Br2FN2O3/c24-19-12-15(6-10-29)13-20(25)23(19)30-11-1-7-28-8-4-16(5-9-28)22-18-3-2-17(26)14-21(18)27-31-22/h2-3,10,12-14,16H,1,4-9,11H2. The molecule has 5 nitrogen and oxygen atoms in total. The summed E-state index contributed by atoms with van der Waals surface area (Å²) >= 11 is 7.05. The number of rotatable bonds is 8. The first-order valence-corrected chi connectivity index (χ1v) is 12.0. The summed E-state index contributed by atoms with van der Waals surface area (Å²) in [7, 11) is 0. The van der Waals surface area contributed by atoms with Crippen molar-refractivity contribution in [3.8, 4) is 5.75 Å². The van der Waals surface area contributed by atoms with Crippen molar-refractivity contribution in [2.75, 3.05) is 26.2 Å². The smallest absolute Gasteiger partial charge is 0.147 e. The van der Waals surface area contributed by atoms with Gasteiger partial charge < -0.3 is 19.0 Å². The van der Waals surface area contributed by atoms with Crippen LogP contribution in [0.2, 0.25) is 0 Å². The van der Waals surface area contributed by atoms with Crippen LogP contribution in [0.3, 0.4) is 0 Å². The van der Waals surface area contributed by atoms with Gasteiger partial charge in [0, 0.05) is 30.3 Å². The van der Waals surface area contributed by atoms with Gasteiger partial charge >= 0.3 is 0 Å². The molecule has 31 heavy (non-hydrogen) atoms. The number of carbonyl (C=O) groups is 1. The molecule has 1 aliphatic rings. The third-order valence-corrected chi connectivity index (χ3v) is 6.85. The van der Waals surface area contributed by atoms with Crippen LogP contribution in [0.25, 0.3) is 10.9 Å². The Hall–Kier alpha value is -1.77. The van der Waals surface area contributed by atoms with E-state index in [2.05, 4.69) is 41.9 Å². The maximum absolute atomic E-state index is 13.4. The van der Waals surface area contributed by atoms with E-state index in [9.17, 15) is 9.18 Å². The second-order valence-electron chi connectivity index (χ2n) is 7.79. The van der Waals surface area contributed by atoms with Crippen molar-refractivity contribution in [3.05, 3.63) is 56.4 Å². The summed E-state index contributed by atoms with van der Waals surface area (Å²) in [5, 5.41) is 4.94. The lowest BCUT2D eigenvalue weighted by molar-refractivity contribution is -0.107. The number of fused-ring (bicyclic) bond motifs is 1. The number of hydrogen-bond acceptors (Lipinski definition) is 5. The third kappa shape index (κ3) is 5.35. The van der Waals surface area contributed by atoms with Gasteiger partial charge in [0.15, 0.2) is 0 Å². The van der Waals surface area contributed by atoms with E-state index in [0.29, 0.717) is 24.5 Å². The summed E-state index contributed by atoms with van der Waals surface area (Å²) in [4.78, 5) is 13.2. The Morgan fingerprint density at radius 1 is 1.19 bits per heavy atom. The van der Waals surface area contributed by atoms with Gasteiger partial charge in [-0.3, -0.25) is 0 Å². The van der Waals surface area contributed by atoms with E-state index in [1.165, 1.54) is 12.1 Å². The van der Waals surface area contributed by atoms with Crippen molar-refractivity contribution in [2.24, 2.45) is 0 Å². The average molecular weight is 554 g/mol. The van der Waals surface area contributed by atoms with Gasteiger partial charge in [0.1, 0.15) is 29.1 Å². The molecule has 0 unspecified atom stereocenters. The average Bonchev–Trinajstić information content (AvgIpc) is 3.16. The van der Waals surface area contributed by atoms with Gasteiger partial charge in [-0.15, -0.1) is 0 Å². The maximum Gasteiger partial charge on any atom is 0.147 e. The van der Waals surface area contributed by atoms with Crippen LogP contribution in [0, 0.1) is 5.82 Å². The molecule has 0 aliphatic carbocycles. The topological polar surface area (TPSA) is 55.6 Å². The zero-order valence-corrected chi connectivity index (χ0v) is 20.1. The van der Waals surface area contributed by atoms with Crippen LogP contribution in [-0.2, 0) is 11.2 Å². The van der Waals surface area contributed by atoms with Gasteiger partial charge in [-0.2, -0.15) is 0 Å². The van der Waals surface area contributed by atoms with Crippen molar-refractivity contribution < 1.29 is 18.4 Å². The predicted octanol–water partition coefficient (Wildman–Crippen LogP) is 5.88. The number of nitrogens with zero attached hydrogens (tertiary/aromatic N) is 2. The molecule has 1 saturated heterocycles. The van der Waals surface area contributed by atoms with Crippen molar-refractivity contribution in [2.45, 2.75) is 31.6 Å². The largest absolute Gasteiger partial charge is 0.491 e. The van der Waals surface area contributed by atoms with E-state index < -0.39 is 0 Å². The fourth-order valence-corrected chi connectivity index (χ4v) is 5.59. The number of carbonyl (C=O) groups excluding carboxylic acids is 1. The first-order valence-electron chi connectivity index (χ1n) is 10.4. The van der Waals surface area contributed by atoms with Gasteiger partial charge in [-0.25, -0.2) is 4.39 Å². The lowest BCUT2D eigenvalue weighted by Crippen LogP contribution is -2.34. The zero-order chi connectivity index (χ0) is 21.8. The summed E-state index contributed by atoms with van der Waals surface area (Å²) in [5.41, 5.74) is 1.53. The van der Waals surface area contributed by atoms with Crippen molar-refractivity contribution in [1.82, 2.24) is 10.1 Å². The molecule has 1 aromatic heterocycles. The number of aromatic nitrogens is 1. The molecule has 0 bridgehead atoms. The summed E-state index contributed by atoms with van der Waals surface area (Å²) < 4.78 is 26.6. The number of piperidine rings is 1. The quantitative estimate of drug-likeness (QED) is 0.257. The van der Waals surface area contributed by atoms with Crippen LogP contribution in [0.1, 0.15) is 36.5 Å². The highest BCUT2D eigenvalue weighted by Gasteiger charge is 2.25. The molecule has 1 fully saturated rings. The number of hydrogen-bond donors (Lipinski definition) is 0. The summed E-state index contributed by atoms with van der Waals surface area (Å²) in [6, 6.07) is 8.48. The summed E-state index contributed by atoms with van der Waals surface area (Å²) in [6.07, 6.45) is 4.19. The third-order valence-electron chi connectivity index (χ3n) is 5.67. The van der Waals surface area contributed by atoms with E-state index in [-0.39, 0.29) is 5.82 Å². The van der Waals surface area contributed by atoms with Gasteiger partial charge in [0.25, 0.3) is 0 Å². The van der Waals surface area contributed by atoms with E-state index in [1.807, 2.05) is 12.1 Å². The van der Waals surface area contributed by atoms with Gasteiger partial charge in [0.2, 0.25) is 0 Å². The lowest BCUT2D eigenvalue weighted by atomic mass is 9.92. The maximum atomic E-state index is 13.4. The second-order valence-corrected chi connectivity index (χ2v) is 9.49. The molecule has 0 atom stereocenters. The Morgan fingerprint density at radius 3 is 2.65 bits per heavy atom. The minimum Gasteiger partial charge on any atom is -0.491 e. The summed E-state index contributed by atoms with van der Waals surface area (Å²) in [6.45, 7) is 3.56. The van der Waals surface area contributed by atoms with Crippen LogP contribution in [0.5, 0.6) is 5.75 Å². The van der Waals surface area contributed by atoms with Crippen molar-refractivity contribution in [1.29, 1.82) is 0 Å². The number of halogens is 3. The molecule has 2 aromatic carbocycles. The highest BCUT2D eigenvalue weighted by molar-refractivity contribution is 9.11. The molecule has 0 N–H and O–H groups in total. The van der Waals surface area contributed by atoms with Gasteiger partial charge in [-0.1, -0.05) is 5.16 Å². The highest BCUT2D eigenvalue weighted by Crippen LogP contribution is 2.35. The molecule has 0 spiro atoms. The van der Waals surface area contributed by atoms with Crippen LogP contribution in [-0.4, -0.2) is 42.6 Å². The van der Waals surface area contributed by atoms with Crippen LogP contribution in [0.15, 0.2) is 43.8 Å². The minimum absolute atomic E-state index is 0.291. The van der Waals surface area contributed by atoms with Crippen molar-refractivity contribution in [3.63, 3.8) is 0 Å². The minimum atomic E-state index is -0.291. The molecule has 164 valence electrons. The van der Waals surface area contributed by atoms with E-state index in [1.54, 1.807) is 6.07 Å². The normalized spacial score (nSPS) is 15.5. The monoisotopic (exact) mass is 552 g/mol. The Balaban J connectivity index is 1.24. The molecule has 0 amide bonds. The molecule has 4 rings (SSSR count). The molecule has 1 aliphatic heterocycles. The molecule has 0 saturated carbocycles. The van der Waals surface area contributed by atoms with Gasteiger partial charge in [0.05, 0.1) is 15.6 Å².